The van der Waals surface area contributed by atoms with E-state index in [1.165, 1.54) is 51.4 Å². The number of hydrogen-bond donors (Lipinski definition) is 3. The van der Waals surface area contributed by atoms with Crippen LogP contribution in [-0.2, 0) is 9.59 Å². The Labute approximate surface area is 190 Å². The lowest BCUT2D eigenvalue weighted by molar-refractivity contribution is -0.166. The third-order valence-electron chi connectivity index (χ3n) is 6.28. The number of rotatable bonds is 23. The minimum absolute atomic E-state index is 0.186. The van der Waals surface area contributed by atoms with Gasteiger partial charge in [0.05, 0.1) is 0 Å². The molecule has 0 unspecified atom stereocenters. The number of carboxylic acid groups (broad SMARTS) is 2. The van der Waals surface area contributed by atoms with Crippen molar-refractivity contribution >= 4 is 11.9 Å². The number of unbranched alkanes of at least 4 members (excludes halogenated alkanes) is 10. The molecule has 0 saturated heterocycles. The SMILES string of the molecule is CCCCCCCCCCN(CCCO)CCCCCCC(CCC)(C(=O)O)C(=O)O. The number of aliphatic hydroxyl groups excluding tert-OH is 1. The minimum atomic E-state index is -1.63. The first-order chi connectivity index (χ1) is 14.9. The highest BCUT2D eigenvalue weighted by atomic mass is 16.4. The van der Waals surface area contributed by atoms with Crippen molar-refractivity contribution in [2.75, 3.05) is 26.2 Å². The predicted octanol–water partition coefficient (Wildman–Crippen LogP) is 5.72. The molecule has 6 nitrogen and oxygen atoms in total. The van der Waals surface area contributed by atoms with Crippen molar-refractivity contribution in [3.8, 4) is 0 Å². The van der Waals surface area contributed by atoms with Crippen molar-refractivity contribution in [3.05, 3.63) is 0 Å². The maximum absolute atomic E-state index is 11.6. The van der Waals surface area contributed by atoms with Crippen LogP contribution in [0.25, 0.3) is 0 Å². The van der Waals surface area contributed by atoms with Crippen LogP contribution in [0.1, 0.15) is 117 Å². The average Bonchev–Trinajstić information content (AvgIpc) is 2.74. The summed E-state index contributed by atoms with van der Waals surface area (Å²) in [4.78, 5) is 25.6. The Bertz CT molecular complexity index is 441. The fourth-order valence-electron chi connectivity index (χ4n) is 4.29. The molecule has 0 fully saturated rings. The monoisotopic (exact) mass is 443 g/mol. The van der Waals surface area contributed by atoms with Crippen LogP contribution >= 0.6 is 0 Å². The van der Waals surface area contributed by atoms with Crippen LogP contribution in [0.3, 0.4) is 0 Å². The smallest absolute Gasteiger partial charge is 0.321 e. The molecule has 0 aromatic rings. The maximum atomic E-state index is 11.6. The Morgan fingerprint density at radius 2 is 1.06 bits per heavy atom. The minimum Gasteiger partial charge on any atom is -0.480 e. The van der Waals surface area contributed by atoms with Gasteiger partial charge < -0.3 is 20.2 Å². The fraction of sp³-hybridized carbons (Fsp3) is 0.920. The molecule has 31 heavy (non-hydrogen) atoms. The van der Waals surface area contributed by atoms with Gasteiger partial charge >= 0.3 is 11.9 Å². The summed E-state index contributed by atoms with van der Waals surface area (Å²) in [5.41, 5.74) is -1.63. The van der Waals surface area contributed by atoms with Crippen LogP contribution in [0.4, 0.5) is 0 Å². The second-order valence-corrected chi connectivity index (χ2v) is 9.00. The van der Waals surface area contributed by atoms with E-state index >= 15 is 0 Å². The largest absolute Gasteiger partial charge is 0.480 e. The van der Waals surface area contributed by atoms with Crippen molar-refractivity contribution in [2.24, 2.45) is 5.41 Å². The molecule has 0 bridgehead atoms. The van der Waals surface area contributed by atoms with Gasteiger partial charge in [-0.15, -0.1) is 0 Å². The Hall–Kier alpha value is -1.14. The van der Waals surface area contributed by atoms with E-state index in [1.54, 1.807) is 0 Å². The molecule has 0 aliphatic heterocycles. The molecule has 0 spiro atoms. The van der Waals surface area contributed by atoms with Crippen molar-refractivity contribution in [3.63, 3.8) is 0 Å². The third-order valence-corrected chi connectivity index (χ3v) is 6.28. The first-order valence-electron chi connectivity index (χ1n) is 12.7. The predicted molar refractivity (Wildman–Crippen MR) is 126 cm³/mol. The maximum Gasteiger partial charge on any atom is 0.321 e. The number of carboxylic acids is 2. The van der Waals surface area contributed by atoms with E-state index in [4.69, 9.17) is 5.11 Å². The molecule has 0 heterocycles. The molecular formula is C25H49NO5. The van der Waals surface area contributed by atoms with Gasteiger partial charge in [-0.1, -0.05) is 84.5 Å². The van der Waals surface area contributed by atoms with E-state index in [-0.39, 0.29) is 19.4 Å². The highest BCUT2D eigenvalue weighted by Gasteiger charge is 2.44. The summed E-state index contributed by atoms with van der Waals surface area (Å²) in [6.45, 7) is 7.28. The molecule has 0 rings (SSSR count). The molecule has 0 atom stereocenters. The molecule has 0 saturated carbocycles. The zero-order valence-corrected chi connectivity index (χ0v) is 20.2. The Kier molecular flexibility index (Phi) is 18.8. The van der Waals surface area contributed by atoms with Crippen LogP contribution in [0, 0.1) is 5.41 Å². The van der Waals surface area contributed by atoms with E-state index in [0.29, 0.717) is 12.8 Å². The lowest BCUT2D eigenvalue weighted by Crippen LogP contribution is -2.39. The van der Waals surface area contributed by atoms with Crippen LogP contribution < -0.4 is 0 Å². The Morgan fingerprint density at radius 1 is 0.613 bits per heavy atom. The summed E-state index contributed by atoms with van der Waals surface area (Å²) in [6.07, 6.45) is 15.7. The standard InChI is InChI=1S/C25H49NO5/c1-3-5-6-7-8-9-11-14-19-26(21-16-22-27)20-15-12-10-13-18-25(17-4-2,23(28)29)24(30)31/h27H,3-22H2,1-2H3,(H,28,29)(H,30,31). The van der Waals surface area contributed by atoms with Gasteiger partial charge in [-0.3, -0.25) is 9.59 Å². The van der Waals surface area contributed by atoms with Crippen molar-refractivity contribution < 1.29 is 24.9 Å². The summed E-state index contributed by atoms with van der Waals surface area (Å²) in [6, 6.07) is 0. The van der Waals surface area contributed by atoms with Crippen LogP contribution in [-0.4, -0.2) is 58.4 Å². The van der Waals surface area contributed by atoms with Gasteiger partial charge in [-0.25, -0.2) is 0 Å². The molecule has 0 amide bonds. The van der Waals surface area contributed by atoms with E-state index in [9.17, 15) is 19.8 Å². The summed E-state index contributed by atoms with van der Waals surface area (Å²) >= 11 is 0. The molecule has 6 heteroatoms. The number of nitrogens with zero attached hydrogens (tertiary/aromatic N) is 1. The van der Waals surface area contributed by atoms with Gasteiger partial charge in [0.15, 0.2) is 5.41 Å². The second-order valence-electron chi connectivity index (χ2n) is 9.00. The number of hydrogen-bond acceptors (Lipinski definition) is 4. The summed E-state index contributed by atoms with van der Waals surface area (Å²) in [5.74, 6) is -2.41. The molecule has 184 valence electrons. The molecule has 0 aromatic heterocycles. The lowest BCUT2D eigenvalue weighted by Gasteiger charge is -2.24. The fourth-order valence-corrected chi connectivity index (χ4v) is 4.29. The first-order valence-corrected chi connectivity index (χ1v) is 12.7. The molecule has 3 N–H and O–H groups in total. The molecule has 0 aliphatic carbocycles. The summed E-state index contributed by atoms with van der Waals surface area (Å²) < 4.78 is 0. The van der Waals surface area contributed by atoms with Crippen LogP contribution in [0.5, 0.6) is 0 Å². The quantitative estimate of drug-likeness (QED) is 0.138. The normalized spacial score (nSPS) is 11.9. The average molecular weight is 444 g/mol. The van der Waals surface area contributed by atoms with Crippen LogP contribution in [0.2, 0.25) is 0 Å². The zero-order valence-electron chi connectivity index (χ0n) is 20.2. The Morgan fingerprint density at radius 3 is 1.52 bits per heavy atom. The van der Waals surface area contributed by atoms with E-state index in [0.717, 1.165) is 45.3 Å². The van der Waals surface area contributed by atoms with Gasteiger partial charge in [-0.2, -0.15) is 0 Å². The van der Waals surface area contributed by atoms with Gasteiger partial charge in [0.2, 0.25) is 0 Å². The van der Waals surface area contributed by atoms with Gasteiger partial charge in [0.25, 0.3) is 0 Å². The second kappa shape index (κ2) is 19.5. The highest BCUT2D eigenvalue weighted by Crippen LogP contribution is 2.31. The van der Waals surface area contributed by atoms with Crippen LogP contribution in [0.15, 0.2) is 0 Å². The molecule has 0 radical (unpaired) electrons. The Balaban J connectivity index is 4.11. The van der Waals surface area contributed by atoms with Gasteiger partial charge in [0, 0.05) is 13.2 Å². The molecule has 0 aliphatic rings. The highest BCUT2D eigenvalue weighted by molar-refractivity contribution is 5.98. The van der Waals surface area contributed by atoms with Crippen molar-refractivity contribution in [1.82, 2.24) is 4.90 Å². The van der Waals surface area contributed by atoms with E-state index < -0.39 is 17.4 Å². The number of aliphatic hydroxyl groups is 1. The summed E-state index contributed by atoms with van der Waals surface area (Å²) in [5, 5.41) is 28.1. The first kappa shape index (κ1) is 29.9. The topological polar surface area (TPSA) is 98.1 Å². The van der Waals surface area contributed by atoms with Gasteiger partial charge in [-0.05, 0) is 45.2 Å². The van der Waals surface area contributed by atoms with E-state index in [2.05, 4.69) is 11.8 Å². The van der Waals surface area contributed by atoms with Crippen molar-refractivity contribution in [2.45, 2.75) is 117 Å². The lowest BCUT2D eigenvalue weighted by atomic mass is 9.78. The third kappa shape index (κ3) is 13.8. The number of aliphatic carboxylic acids is 2. The zero-order chi connectivity index (χ0) is 23.4. The molecular weight excluding hydrogens is 394 g/mol. The molecule has 0 aromatic carbocycles. The van der Waals surface area contributed by atoms with Crippen molar-refractivity contribution in [1.29, 1.82) is 0 Å². The van der Waals surface area contributed by atoms with Gasteiger partial charge in [0.1, 0.15) is 0 Å². The summed E-state index contributed by atoms with van der Waals surface area (Å²) in [7, 11) is 0. The number of carbonyl (C=O) groups is 2. The van der Waals surface area contributed by atoms with E-state index in [1.807, 2.05) is 6.92 Å².